The number of fused-ring (bicyclic) bond motifs is 8. The molecule has 0 aliphatic heterocycles. The molecule has 2 amide bonds. The molecule has 1 aliphatic rings. The average Bonchev–Trinajstić information content (AvgIpc) is 3.09. The molecule has 10 nitrogen and oxygen atoms in total. The van der Waals surface area contributed by atoms with Gasteiger partial charge in [0.2, 0.25) is 11.8 Å². The summed E-state index contributed by atoms with van der Waals surface area (Å²) < 4.78 is 26.4. The topological polar surface area (TPSA) is 147 Å². The highest BCUT2D eigenvalue weighted by atomic mass is 16.5. The summed E-state index contributed by atoms with van der Waals surface area (Å²) in [6.45, 7) is 13.3. The number of nitrogen functional groups attached to an aromatic ring is 2. The minimum absolute atomic E-state index is 0.182. The third kappa shape index (κ3) is 9.98. The van der Waals surface area contributed by atoms with E-state index < -0.39 is 0 Å². The molecule has 6 N–H and O–H groups in total. The zero-order valence-electron chi connectivity index (χ0n) is 32.7. The highest BCUT2D eigenvalue weighted by molar-refractivity contribution is 5.90. The molecule has 0 saturated heterocycles. The van der Waals surface area contributed by atoms with Gasteiger partial charge in [-0.25, -0.2) is 0 Å². The van der Waals surface area contributed by atoms with Crippen molar-refractivity contribution in [3.63, 3.8) is 0 Å². The molecule has 0 spiro atoms. The minimum atomic E-state index is -0.182. The Kier molecular flexibility index (Phi) is 13.7. The number of nitrogens with two attached hydrogens (primary N) is 2. The van der Waals surface area contributed by atoms with Gasteiger partial charge in [-0.15, -0.1) is 0 Å². The van der Waals surface area contributed by atoms with Gasteiger partial charge in [0.1, 0.15) is 23.0 Å². The van der Waals surface area contributed by atoms with E-state index in [0.29, 0.717) is 74.9 Å². The lowest BCUT2D eigenvalue weighted by Gasteiger charge is -2.24. The van der Waals surface area contributed by atoms with Crippen molar-refractivity contribution in [1.29, 1.82) is 0 Å². The summed E-state index contributed by atoms with van der Waals surface area (Å²) in [5, 5.41) is 6.04. The van der Waals surface area contributed by atoms with Gasteiger partial charge in [0.25, 0.3) is 0 Å². The molecule has 0 radical (unpaired) electrons. The zero-order chi connectivity index (χ0) is 38.8. The van der Waals surface area contributed by atoms with E-state index >= 15 is 0 Å². The van der Waals surface area contributed by atoms with Gasteiger partial charge >= 0.3 is 0 Å². The molecule has 288 valence electrons. The summed E-state index contributed by atoms with van der Waals surface area (Å²) in [5.41, 5.74) is 23.0. The maximum Gasteiger partial charge on any atom is 0.221 e. The Morgan fingerprint density at radius 2 is 0.685 bits per heavy atom. The maximum atomic E-state index is 12.5. The van der Waals surface area contributed by atoms with E-state index in [4.69, 9.17) is 30.4 Å². The Hall–Kier alpha value is -5.38. The molecule has 54 heavy (non-hydrogen) atoms. The fourth-order valence-electron chi connectivity index (χ4n) is 7.05. The lowest BCUT2D eigenvalue weighted by molar-refractivity contribution is -0.115. The van der Waals surface area contributed by atoms with Crippen molar-refractivity contribution < 1.29 is 28.5 Å². The van der Waals surface area contributed by atoms with Crippen LogP contribution in [0.15, 0.2) is 48.5 Å². The predicted molar refractivity (Wildman–Crippen MR) is 218 cm³/mol. The van der Waals surface area contributed by atoms with Crippen molar-refractivity contribution in [2.24, 2.45) is 0 Å². The second kappa shape index (κ2) is 18.6. The maximum absolute atomic E-state index is 12.5. The van der Waals surface area contributed by atoms with Crippen LogP contribution >= 0.6 is 0 Å². The van der Waals surface area contributed by atoms with Crippen LogP contribution in [0.4, 0.5) is 22.7 Å². The number of amides is 2. The van der Waals surface area contributed by atoms with Crippen LogP contribution in [0.3, 0.4) is 0 Å². The van der Waals surface area contributed by atoms with Crippen LogP contribution in [0.1, 0.15) is 112 Å². The molecule has 1 aliphatic carbocycles. The van der Waals surface area contributed by atoms with Gasteiger partial charge in [0.15, 0.2) is 0 Å². The van der Waals surface area contributed by atoms with Crippen LogP contribution in [0, 0.1) is 0 Å². The number of hydrogen-bond donors (Lipinski definition) is 4. The third-order valence-corrected chi connectivity index (χ3v) is 8.98. The second-order valence-electron chi connectivity index (χ2n) is 14.0. The molecule has 0 saturated carbocycles. The zero-order valence-corrected chi connectivity index (χ0v) is 32.7. The number of hydrogen-bond acceptors (Lipinski definition) is 8. The molecule has 0 heterocycles. The van der Waals surface area contributed by atoms with E-state index in [1.807, 2.05) is 48.5 Å². The number of carbonyl (C=O) groups excluding carboxylic acids is 2. The Morgan fingerprint density at radius 1 is 0.463 bits per heavy atom. The summed E-state index contributed by atoms with van der Waals surface area (Å²) in [7, 11) is 0. The molecule has 4 aromatic carbocycles. The monoisotopic (exact) mass is 736 g/mol. The van der Waals surface area contributed by atoms with Gasteiger partial charge in [-0.2, -0.15) is 0 Å². The van der Waals surface area contributed by atoms with Crippen LogP contribution in [0.25, 0.3) is 0 Å². The first kappa shape index (κ1) is 39.8. The van der Waals surface area contributed by atoms with Gasteiger partial charge in [-0.05, 0) is 74.2 Å². The molecule has 0 atom stereocenters. The predicted octanol–water partition coefficient (Wildman–Crippen LogP) is 8.60. The molecule has 0 unspecified atom stereocenters. The number of carbonyl (C=O) groups is 2. The molecule has 0 aromatic heterocycles. The first-order chi connectivity index (χ1) is 26.0. The minimum Gasteiger partial charge on any atom is -0.493 e. The number of anilines is 4. The van der Waals surface area contributed by atoms with Crippen molar-refractivity contribution in [1.82, 2.24) is 0 Å². The Labute approximate surface area is 319 Å². The standard InChI is InChI=1S/C44H56N4O6/c1-7-11-51-41-29-15-30-20-38(46)22-32(42(30)52-12-8-2)17-34-24-40(48-28(6)50)26-36(44(34)54-14-10-4)18-35-25-39(47-27(5)49)23-33(43(35)53-13-9-3)16-31(41)21-37(45)19-29/h19-26H,7-18,45-46H2,1-6H3,(H,47,49)(H,48,50). The number of ether oxygens (including phenoxy) is 4. The Balaban J connectivity index is 1.90. The van der Waals surface area contributed by atoms with E-state index in [2.05, 4.69) is 38.3 Å². The van der Waals surface area contributed by atoms with E-state index in [1.165, 1.54) is 13.8 Å². The third-order valence-electron chi connectivity index (χ3n) is 8.98. The summed E-state index contributed by atoms with van der Waals surface area (Å²) in [6, 6.07) is 15.7. The first-order valence-electron chi connectivity index (χ1n) is 19.2. The van der Waals surface area contributed by atoms with Crippen molar-refractivity contribution in [3.8, 4) is 23.0 Å². The van der Waals surface area contributed by atoms with Crippen LogP contribution in [0.5, 0.6) is 23.0 Å². The molecule has 8 bridgehead atoms. The van der Waals surface area contributed by atoms with Gasteiger partial charge < -0.3 is 41.0 Å². The van der Waals surface area contributed by atoms with Gasteiger partial charge in [0, 0.05) is 107 Å². The van der Waals surface area contributed by atoms with E-state index in [1.54, 1.807) is 0 Å². The van der Waals surface area contributed by atoms with Gasteiger partial charge in [0.05, 0.1) is 26.4 Å². The molecule has 4 aromatic rings. The summed E-state index contributed by atoms with van der Waals surface area (Å²) >= 11 is 0. The van der Waals surface area contributed by atoms with Gasteiger partial charge in [-0.1, -0.05) is 27.7 Å². The molecular weight excluding hydrogens is 681 g/mol. The molecule has 0 fully saturated rings. The lowest BCUT2D eigenvalue weighted by atomic mass is 9.90. The second-order valence-corrected chi connectivity index (χ2v) is 14.0. The Morgan fingerprint density at radius 3 is 0.889 bits per heavy atom. The van der Waals surface area contributed by atoms with Crippen LogP contribution in [0.2, 0.25) is 0 Å². The highest BCUT2D eigenvalue weighted by Crippen LogP contribution is 2.42. The van der Waals surface area contributed by atoms with E-state index in [9.17, 15) is 9.59 Å². The largest absolute Gasteiger partial charge is 0.493 e. The summed E-state index contributed by atoms with van der Waals surface area (Å²) in [6.07, 6.45) is 4.95. The summed E-state index contributed by atoms with van der Waals surface area (Å²) in [5.74, 6) is 2.61. The molecule has 10 heteroatoms. The average molecular weight is 737 g/mol. The van der Waals surface area contributed by atoms with E-state index in [0.717, 1.165) is 93.2 Å². The number of rotatable bonds is 14. The fraction of sp³-hybridized carbons (Fsp3) is 0.409. The van der Waals surface area contributed by atoms with Crippen LogP contribution in [-0.4, -0.2) is 38.2 Å². The highest BCUT2D eigenvalue weighted by Gasteiger charge is 2.24. The number of nitrogens with one attached hydrogen (secondary N) is 2. The Bertz CT molecular complexity index is 1830. The van der Waals surface area contributed by atoms with Crippen LogP contribution < -0.4 is 41.0 Å². The summed E-state index contributed by atoms with van der Waals surface area (Å²) in [4.78, 5) is 25.0. The van der Waals surface area contributed by atoms with Crippen molar-refractivity contribution >= 4 is 34.6 Å². The van der Waals surface area contributed by atoms with Crippen molar-refractivity contribution in [3.05, 3.63) is 93.0 Å². The molecular formula is C44H56N4O6. The normalized spacial score (nSPS) is 12.1. The molecule has 5 rings (SSSR count). The lowest BCUT2D eigenvalue weighted by Crippen LogP contribution is -2.13. The van der Waals surface area contributed by atoms with Crippen molar-refractivity contribution in [2.75, 3.05) is 48.5 Å². The quantitative estimate of drug-likeness (QED) is 0.0829. The van der Waals surface area contributed by atoms with Crippen molar-refractivity contribution in [2.45, 2.75) is 92.9 Å². The smallest absolute Gasteiger partial charge is 0.221 e. The fourth-order valence-corrected chi connectivity index (χ4v) is 7.05. The van der Waals surface area contributed by atoms with Crippen LogP contribution in [-0.2, 0) is 35.3 Å². The van der Waals surface area contributed by atoms with E-state index in [-0.39, 0.29) is 11.8 Å². The first-order valence-corrected chi connectivity index (χ1v) is 19.2. The number of benzene rings is 4. The van der Waals surface area contributed by atoms with Gasteiger partial charge in [-0.3, -0.25) is 9.59 Å². The SMILES string of the molecule is CCCOc1c2cc(N)cc1Cc1cc(NC(C)=O)cc(c1OCCC)Cc1cc(NC(C)=O)cc(c1OCCC)Cc1cc(N)cc(c1OCCC)C2.